The number of aryl methyl sites for hydroxylation is 1. The fourth-order valence-electron chi connectivity index (χ4n) is 4.23. The Hall–Kier alpha value is -3.73. The minimum Gasteiger partial charge on any atom is -0.494 e. The molecular formula is C25H24N4O. The number of para-hydroxylation sites is 1. The molecule has 0 saturated carbocycles. The molecule has 0 aliphatic carbocycles. The predicted octanol–water partition coefficient (Wildman–Crippen LogP) is 5.34. The lowest BCUT2D eigenvalue weighted by Crippen LogP contribution is -2.46. The molecule has 0 spiro atoms. The molecule has 5 nitrogen and oxygen atoms in total. The summed E-state index contributed by atoms with van der Waals surface area (Å²) in [5, 5.41) is 17.6. The van der Waals surface area contributed by atoms with Crippen LogP contribution in [-0.2, 0) is 12.7 Å². The average Bonchev–Trinajstić information content (AvgIpc) is 3.24. The SMILES string of the molecule is CCOc1ccc2c(c1)C(=N)C(Nc1cc3ccccc3n1C)(c1ccccc1)N2. The van der Waals surface area contributed by atoms with Crippen LogP contribution in [0, 0.1) is 5.41 Å². The van der Waals surface area contributed by atoms with Gasteiger partial charge in [0, 0.05) is 34.8 Å². The van der Waals surface area contributed by atoms with Crippen molar-refractivity contribution < 1.29 is 4.74 Å². The Morgan fingerprint density at radius 1 is 1.00 bits per heavy atom. The maximum absolute atomic E-state index is 9.17. The highest BCUT2D eigenvalue weighted by Crippen LogP contribution is 2.41. The monoisotopic (exact) mass is 396 g/mol. The number of aromatic nitrogens is 1. The van der Waals surface area contributed by atoms with Crippen LogP contribution >= 0.6 is 0 Å². The van der Waals surface area contributed by atoms with E-state index in [0.717, 1.165) is 39.3 Å². The molecule has 0 bridgehead atoms. The van der Waals surface area contributed by atoms with E-state index in [1.165, 1.54) is 0 Å². The Morgan fingerprint density at radius 2 is 1.77 bits per heavy atom. The van der Waals surface area contributed by atoms with Crippen LogP contribution in [0.1, 0.15) is 18.1 Å². The third-order valence-corrected chi connectivity index (χ3v) is 5.74. The van der Waals surface area contributed by atoms with E-state index in [1.807, 2.05) is 74.6 Å². The summed E-state index contributed by atoms with van der Waals surface area (Å²) >= 11 is 0. The average molecular weight is 396 g/mol. The first-order valence-electron chi connectivity index (χ1n) is 10.1. The maximum Gasteiger partial charge on any atom is 0.179 e. The minimum atomic E-state index is -0.878. The summed E-state index contributed by atoms with van der Waals surface area (Å²) in [5.41, 5.74) is 3.47. The van der Waals surface area contributed by atoms with Crippen molar-refractivity contribution in [2.45, 2.75) is 12.6 Å². The third-order valence-electron chi connectivity index (χ3n) is 5.74. The Morgan fingerprint density at radius 3 is 2.53 bits per heavy atom. The molecule has 30 heavy (non-hydrogen) atoms. The highest BCUT2D eigenvalue weighted by Gasteiger charge is 2.44. The fraction of sp³-hybridized carbons (Fsp3) is 0.160. The van der Waals surface area contributed by atoms with Gasteiger partial charge < -0.3 is 19.9 Å². The van der Waals surface area contributed by atoms with Crippen molar-refractivity contribution in [3.8, 4) is 5.75 Å². The molecule has 1 atom stereocenters. The molecule has 1 aromatic heterocycles. The Balaban J connectivity index is 1.64. The summed E-state index contributed by atoms with van der Waals surface area (Å²) in [6.45, 7) is 2.56. The minimum absolute atomic E-state index is 0.468. The summed E-state index contributed by atoms with van der Waals surface area (Å²) in [6.07, 6.45) is 0. The van der Waals surface area contributed by atoms with Gasteiger partial charge in [0.1, 0.15) is 11.6 Å². The summed E-state index contributed by atoms with van der Waals surface area (Å²) in [7, 11) is 2.04. The Kier molecular flexibility index (Phi) is 4.24. The highest BCUT2D eigenvalue weighted by molar-refractivity contribution is 6.16. The van der Waals surface area contributed by atoms with E-state index in [1.54, 1.807) is 0 Å². The van der Waals surface area contributed by atoms with Crippen LogP contribution in [0.25, 0.3) is 10.9 Å². The van der Waals surface area contributed by atoms with Gasteiger partial charge in [-0.2, -0.15) is 0 Å². The molecular weight excluding hydrogens is 372 g/mol. The number of nitrogens with zero attached hydrogens (tertiary/aromatic N) is 1. The second-order valence-electron chi connectivity index (χ2n) is 7.53. The number of hydrogen-bond donors (Lipinski definition) is 3. The first kappa shape index (κ1) is 18.3. The number of anilines is 2. The van der Waals surface area contributed by atoms with Gasteiger partial charge in [-0.25, -0.2) is 0 Å². The van der Waals surface area contributed by atoms with Gasteiger partial charge in [0.25, 0.3) is 0 Å². The molecule has 5 rings (SSSR count). The number of hydrogen-bond acceptors (Lipinski definition) is 4. The first-order valence-corrected chi connectivity index (χ1v) is 10.1. The van der Waals surface area contributed by atoms with Crippen LogP contribution in [0.3, 0.4) is 0 Å². The zero-order valence-corrected chi connectivity index (χ0v) is 17.1. The first-order chi connectivity index (χ1) is 14.6. The third kappa shape index (κ3) is 2.74. The van der Waals surface area contributed by atoms with Crippen LogP contribution < -0.4 is 15.4 Å². The normalized spacial score (nSPS) is 17.6. The summed E-state index contributed by atoms with van der Waals surface area (Å²) in [4.78, 5) is 0. The molecule has 5 heteroatoms. The zero-order chi connectivity index (χ0) is 20.7. The van der Waals surface area contributed by atoms with E-state index < -0.39 is 5.66 Å². The summed E-state index contributed by atoms with van der Waals surface area (Å²) in [6, 6.07) is 26.4. The fourth-order valence-corrected chi connectivity index (χ4v) is 4.23. The Labute approximate surface area is 175 Å². The van der Waals surface area contributed by atoms with Crippen LogP contribution in [0.4, 0.5) is 11.5 Å². The van der Waals surface area contributed by atoms with Crippen molar-refractivity contribution in [1.82, 2.24) is 4.57 Å². The van der Waals surface area contributed by atoms with Gasteiger partial charge >= 0.3 is 0 Å². The van der Waals surface area contributed by atoms with Gasteiger partial charge in [0.2, 0.25) is 0 Å². The van der Waals surface area contributed by atoms with Crippen LogP contribution in [0.5, 0.6) is 5.75 Å². The molecule has 0 radical (unpaired) electrons. The number of nitrogens with one attached hydrogen (secondary N) is 3. The molecule has 1 aliphatic rings. The lowest BCUT2D eigenvalue weighted by atomic mass is 9.93. The zero-order valence-electron chi connectivity index (χ0n) is 17.1. The lowest BCUT2D eigenvalue weighted by molar-refractivity contribution is 0.340. The quantitative estimate of drug-likeness (QED) is 0.427. The standard InChI is InChI=1S/C25H24N4O/c1-3-30-19-13-14-21-20(16-19)24(26)25(27-21,18-10-5-4-6-11-18)28-23-15-17-9-7-8-12-22(17)29(23)2/h4-16,26-28H,3H2,1-2H3. The maximum atomic E-state index is 9.17. The van der Waals surface area contributed by atoms with Crippen LogP contribution in [-0.4, -0.2) is 16.9 Å². The van der Waals surface area contributed by atoms with Crippen molar-refractivity contribution >= 4 is 28.1 Å². The smallest absolute Gasteiger partial charge is 0.179 e. The number of rotatable bonds is 5. The molecule has 0 amide bonds. The van der Waals surface area contributed by atoms with Crippen LogP contribution in [0.15, 0.2) is 78.9 Å². The van der Waals surface area contributed by atoms with E-state index in [-0.39, 0.29) is 0 Å². The van der Waals surface area contributed by atoms with E-state index in [0.29, 0.717) is 12.3 Å². The molecule has 1 unspecified atom stereocenters. The molecule has 1 aliphatic heterocycles. The summed E-state index contributed by atoms with van der Waals surface area (Å²) < 4.78 is 7.81. The predicted molar refractivity (Wildman–Crippen MR) is 123 cm³/mol. The second kappa shape index (κ2) is 6.95. The van der Waals surface area contributed by atoms with Gasteiger partial charge in [0.05, 0.1) is 12.3 Å². The number of fused-ring (bicyclic) bond motifs is 2. The molecule has 150 valence electrons. The van der Waals surface area contributed by atoms with E-state index in [2.05, 4.69) is 33.4 Å². The van der Waals surface area contributed by atoms with Gasteiger partial charge in [0.15, 0.2) is 5.66 Å². The molecule has 3 aromatic carbocycles. The van der Waals surface area contributed by atoms with Gasteiger partial charge in [-0.15, -0.1) is 0 Å². The van der Waals surface area contributed by atoms with Crippen molar-refractivity contribution in [3.05, 3.63) is 90.0 Å². The van der Waals surface area contributed by atoms with Gasteiger partial charge in [-0.05, 0) is 37.3 Å². The number of benzene rings is 3. The highest BCUT2D eigenvalue weighted by atomic mass is 16.5. The molecule has 3 N–H and O–H groups in total. The van der Waals surface area contributed by atoms with Crippen molar-refractivity contribution in [2.75, 3.05) is 17.2 Å². The van der Waals surface area contributed by atoms with Gasteiger partial charge in [-0.1, -0.05) is 48.5 Å². The second-order valence-corrected chi connectivity index (χ2v) is 7.53. The topological polar surface area (TPSA) is 62.1 Å². The Bertz CT molecular complexity index is 1240. The van der Waals surface area contributed by atoms with Crippen molar-refractivity contribution in [3.63, 3.8) is 0 Å². The molecule has 2 heterocycles. The molecule has 0 fully saturated rings. The van der Waals surface area contributed by atoms with Crippen molar-refractivity contribution in [1.29, 1.82) is 5.41 Å². The largest absolute Gasteiger partial charge is 0.494 e. The summed E-state index contributed by atoms with van der Waals surface area (Å²) in [5.74, 6) is 1.71. The van der Waals surface area contributed by atoms with E-state index >= 15 is 0 Å². The van der Waals surface area contributed by atoms with Crippen LogP contribution in [0.2, 0.25) is 0 Å². The van der Waals surface area contributed by atoms with E-state index in [4.69, 9.17) is 10.1 Å². The number of ether oxygens (including phenoxy) is 1. The lowest BCUT2D eigenvalue weighted by Gasteiger charge is -2.33. The van der Waals surface area contributed by atoms with Crippen molar-refractivity contribution in [2.24, 2.45) is 7.05 Å². The molecule has 0 saturated heterocycles. The molecule has 4 aromatic rings. The van der Waals surface area contributed by atoms with E-state index in [9.17, 15) is 0 Å². The van der Waals surface area contributed by atoms with Gasteiger partial charge in [-0.3, -0.25) is 5.41 Å².